The number of methoxy groups -OCH3 is 1. The molecule has 0 aromatic carbocycles. The molecule has 2 rings (SSSR count). The minimum Gasteiger partial charge on any atom is -0.374 e. The number of hydrogen-bond acceptors (Lipinski definition) is 8. The van der Waals surface area contributed by atoms with E-state index in [0.29, 0.717) is 24.1 Å². The van der Waals surface area contributed by atoms with Gasteiger partial charge in [0, 0.05) is 20.2 Å². The third-order valence-electron chi connectivity index (χ3n) is 2.66. The topological polar surface area (TPSA) is 103 Å². The molecule has 108 valence electrons. The van der Waals surface area contributed by atoms with Crippen molar-refractivity contribution in [2.75, 3.05) is 24.8 Å². The van der Waals surface area contributed by atoms with Gasteiger partial charge in [-0.25, -0.2) is 4.98 Å². The second kappa shape index (κ2) is 6.02. The van der Waals surface area contributed by atoms with Gasteiger partial charge in [-0.3, -0.25) is 0 Å². The molecule has 2 heterocycles. The van der Waals surface area contributed by atoms with Gasteiger partial charge in [0.1, 0.15) is 17.1 Å². The summed E-state index contributed by atoms with van der Waals surface area (Å²) in [5.74, 6) is 1.62. The average molecular weight is 299 g/mol. The Morgan fingerprint density at radius 3 is 2.85 bits per heavy atom. The lowest BCUT2D eigenvalue weighted by Crippen LogP contribution is -2.18. The van der Waals surface area contributed by atoms with E-state index in [9.17, 15) is 0 Å². The van der Waals surface area contributed by atoms with Crippen LogP contribution in [-0.4, -0.2) is 34.3 Å². The molecule has 0 amide bonds. The van der Waals surface area contributed by atoms with Crippen molar-refractivity contribution >= 4 is 23.4 Å². The first-order chi connectivity index (χ1) is 9.49. The van der Waals surface area contributed by atoms with Crippen LogP contribution in [0.4, 0.5) is 11.8 Å². The van der Waals surface area contributed by atoms with Crippen molar-refractivity contribution in [3.8, 4) is 0 Å². The highest BCUT2D eigenvalue weighted by atomic mass is 35.5. The van der Waals surface area contributed by atoms with Crippen LogP contribution in [0.2, 0.25) is 5.15 Å². The number of hydrogen-bond donors (Lipinski definition) is 1. The molecular formula is C11H15ClN6O2. The van der Waals surface area contributed by atoms with Crippen LogP contribution in [0, 0.1) is 0 Å². The Hall–Kier alpha value is -1.93. The van der Waals surface area contributed by atoms with Crippen LogP contribution in [0.3, 0.4) is 0 Å². The fourth-order valence-electron chi connectivity index (χ4n) is 1.51. The fraction of sp³-hybridized carbons (Fsp3) is 0.455. The van der Waals surface area contributed by atoms with Crippen molar-refractivity contribution in [1.82, 2.24) is 20.1 Å². The summed E-state index contributed by atoms with van der Waals surface area (Å²) in [4.78, 5) is 13.9. The first-order valence-corrected chi connectivity index (χ1v) is 6.24. The molecule has 0 unspecified atom stereocenters. The minimum absolute atomic E-state index is 0.110. The van der Waals surface area contributed by atoms with Crippen molar-refractivity contribution in [3.05, 3.63) is 22.9 Å². The molecule has 1 atom stereocenters. The SMILES string of the molecule is CO[C@@H](C)c1noc(CN(C)c2cc(Cl)nc(N)n2)n1. The lowest BCUT2D eigenvalue weighted by Gasteiger charge is -2.15. The molecule has 0 saturated carbocycles. The fourth-order valence-corrected chi connectivity index (χ4v) is 1.69. The van der Waals surface area contributed by atoms with Gasteiger partial charge in [-0.05, 0) is 6.92 Å². The summed E-state index contributed by atoms with van der Waals surface area (Å²) < 4.78 is 10.3. The van der Waals surface area contributed by atoms with Crippen LogP contribution in [0.25, 0.3) is 0 Å². The van der Waals surface area contributed by atoms with Crippen LogP contribution in [0.15, 0.2) is 10.6 Å². The van der Waals surface area contributed by atoms with Crippen LogP contribution in [0.5, 0.6) is 0 Å². The number of aromatic nitrogens is 4. The molecule has 2 N–H and O–H groups in total. The molecule has 8 nitrogen and oxygen atoms in total. The summed E-state index contributed by atoms with van der Waals surface area (Å²) in [6.45, 7) is 2.21. The van der Waals surface area contributed by atoms with E-state index in [4.69, 9.17) is 26.6 Å². The standard InChI is InChI=1S/C11H15ClN6O2/c1-6(19-3)10-16-9(20-17-10)5-18(2)8-4-7(12)14-11(13)15-8/h4,6H,5H2,1-3H3,(H2,13,14,15)/t6-/m0/s1. The maximum absolute atomic E-state index is 5.84. The molecule has 2 aromatic rings. The molecule has 0 radical (unpaired) electrons. The molecule has 0 aliphatic rings. The van der Waals surface area contributed by atoms with E-state index < -0.39 is 0 Å². The number of rotatable bonds is 5. The summed E-state index contributed by atoms with van der Waals surface area (Å²) in [5, 5.41) is 4.12. The maximum Gasteiger partial charge on any atom is 0.246 e. The smallest absolute Gasteiger partial charge is 0.246 e. The van der Waals surface area contributed by atoms with Crippen LogP contribution < -0.4 is 10.6 Å². The molecule has 0 aliphatic heterocycles. The molecule has 0 fully saturated rings. The third-order valence-corrected chi connectivity index (χ3v) is 2.86. The lowest BCUT2D eigenvalue weighted by atomic mass is 10.4. The Morgan fingerprint density at radius 2 is 2.20 bits per heavy atom. The van der Waals surface area contributed by atoms with Crippen molar-refractivity contribution in [1.29, 1.82) is 0 Å². The molecule has 20 heavy (non-hydrogen) atoms. The molecular weight excluding hydrogens is 284 g/mol. The quantitative estimate of drug-likeness (QED) is 0.827. The highest BCUT2D eigenvalue weighted by Crippen LogP contribution is 2.18. The second-order valence-electron chi connectivity index (χ2n) is 4.19. The normalized spacial score (nSPS) is 12.4. The van der Waals surface area contributed by atoms with Gasteiger partial charge in [-0.2, -0.15) is 9.97 Å². The van der Waals surface area contributed by atoms with Crippen molar-refractivity contribution in [3.63, 3.8) is 0 Å². The molecule has 0 spiro atoms. The van der Waals surface area contributed by atoms with Crippen LogP contribution in [-0.2, 0) is 11.3 Å². The molecule has 0 saturated heterocycles. The third kappa shape index (κ3) is 3.34. The van der Waals surface area contributed by atoms with E-state index in [1.165, 1.54) is 0 Å². The summed E-state index contributed by atoms with van der Waals surface area (Å²) in [6, 6.07) is 1.60. The molecule has 0 aliphatic carbocycles. The van der Waals surface area contributed by atoms with Crippen LogP contribution >= 0.6 is 11.6 Å². The highest BCUT2D eigenvalue weighted by molar-refractivity contribution is 6.29. The van der Waals surface area contributed by atoms with E-state index in [2.05, 4.69) is 20.1 Å². The Morgan fingerprint density at radius 1 is 1.45 bits per heavy atom. The predicted molar refractivity (Wildman–Crippen MR) is 73.3 cm³/mol. The van der Waals surface area contributed by atoms with Gasteiger partial charge in [0.05, 0.1) is 6.54 Å². The van der Waals surface area contributed by atoms with Crippen molar-refractivity contribution in [2.24, 2.45) is 0 Å². The molecule has 2 aromatic heterocycles. The number of nitrogen functional groups attached to an aromatic ring is 1. The van der Waals surface area contributed by atoms with E-state index >= 15 is 0 Å². The number of nitrogens with two attached hydrogens (primary N) is 1. The van der Waals surface area contributed by atoms with Gasteiger partial charge < -0.3 is 19.9 Å². The van der Waals surface area contributed by atoms with Gasteiger partial charge >= 0.3 is 0 Å². The Labute approximate surface area is 120 Å². The summed E-state index contributed by atoms with van der Waals surface area (Å²) in [5.41, 5.74) is 5.55. The zero-order chi connectivity index (χ0) is 14.7. The van der Waals surface area contributed by atoms with Gasteiger partial charge in [0.15, 0.2) is 5.82 Å². The van der Waals surface area contributed by atoms with E-state index in [-0.39, 0.29) is 17.2 Å². The molecule has 9 heteroatoms. The number of nitrogens with zero attached hydrogens (tertiary/aromatic N) is 5. The van der Waals surface area contributed by atoms with Crippen molar-refractivity contribution in [2.45, 2.75) is 19.6 Å². The zero-order valence-corrected chi connectivity index (χ0v) is 12.1. The zero-order valence-electron chi connectivity index (χ0n) is 11.4. The Balaban J connectivity index is 2.11. The van der Waals surface area contributed by atoms with Crippen molar-refractivity contribution < 1.29 is 9.26 Å². The largest absolute Gasteiger partial charge is 0.374 e. The maximum atomic E-state index is 5.84. The summed E-state index contributed by atoms with van der Waals surface area (Å²) in [6.07, 6.45) is -0.220. The van der Waals surface area contributed by atoms with E-state index in [1.807, 2.05) is 14.0 Å². The Kier molecular flexibility index (Phi) is 4.35. The Bertz CT molecular complexity index is 570. The van der Waals surface area contributed by atoms with Gasteiger partial charge in [0.2, 0.25) is 11.8 Å². The first kappa shape index (κ1) is 14.5. The summed E-state index contributed by atoms with van der Waals surface area (Å²) in [7, 11) is 3.39. The second-order valence-corrected chi connectivity index (χ2v) is 4.57. The van der Waals surface area contributed by atoms with Gasteiger partial charge in [-0.15, -0.1) is 0 Å². The number of halogens is 1. The monoisotopic (exact) mass is 298 g/mol. The van der Waals surface area contributed by atoms with E-state index in [0.717, 1.165) is 0 Å². The number of ether oxygens (including phenoxy) is 1. The lowest BCUT2D eigenvalue weighted by molar-refractivity contribution is 0.109. The van der Waals surface area contributed by atoms with E-state index in [1.54, 1.807) is 18.1 Å². The van der Waals surface area contributed by atoms with Crippen LogP contribution in [0.1, 0.15) is 24.7 Å². The highest BCUT2D eigenvalue weighted by Gasteiger charge is 2.15. The minimum atomic E-state index is -0.220. The number of anilines is 2. The first-order valence-electron chi connectivity index (χ1n) is 5.86. The van der Waals surface area contributed by atoms with Gasteiger partial charge in [-0.1, -0.05) is 16.8 Å². The average Bonchev–Trinajstić information content (AvgIpc) is 2.85. The predicted octanol–water partition coefficient (Wildman–Crippen LogP) is 1.44. The summed E-state index contributed by atoms with van der Waals surface area (Å²) >= 11 is 5.84. The van der Waals surface area contributed by atoms with Gasteiger partial charge in [0.25, 0.3) is 0 Å². The molecule has 0 bridgehead atoms.